The van der Waals surface area contributed by atoms with E-state index in [0.29, 0.717) is 0 Å². The van der Waals surface area contributed by atoms with Gasteiger partial charge in [0, 0.05) is 66.7 Å². The van der Waals surface area contributed by atoms with E-state index in [-0.39, 0.29) is 13.5 Å². The molecule has 0 fully saturated rings. The first-order valence-electron chi connectivity index (χ1n) is 6.91. The smallest absolute Gasteiger partial charge is 0.324 e. The Morgan fingerprint density at radius 2 is 0.889 bits per heavy atom. The Hall–Kier alpha value is 2.62. The van der Waals surface area contributed by atoms with E-state index in [1.54, 1.807) is 20.0 Å². The van der Waals surface area contributed by atoms with E-state index in [1.165, 1.54) is 13.3 Å². The SMILES string of the molecule is C.CP(C)(=O)OCCl.CP(C)(C)=O.O=S(=O)(Cl)OCCl.O=S(=O)(Cl)OCCl.O=S(=O)(O)Cl.O=S(Cl)Cl. The Kier molecular flexibility index (Phi) is 44.2. The van der Waals surface area contributed by atoms with Crippen LogP contribution in [0.2, 0.25) is 0 Å². The van der Waals surface area contributed by atoms with E-state index < -0.39 is 63.9 Å². The molecule has 0 aliphatic rings. The number of hydrogen-bond donors (Lipinski definition) is 1. The second-order valence-corrected chi connectivity index (χ2v) is 21.2. The van der Waals surface area contributed by atoms with Crippen molar-refractivity contribution in [1.29, 1.82) is 0 Å². The van der Waals surface area contributed by atoms with Crippen LogP contribution < -0.4 is 0 Å². The van der Waals surface area contributed by atoms with Gasteiger partial charge in [0.2, 0.25) is 9.23 Å². The topological polar surface area (TPSA) is 202 Å². The maximum absolute atomic E-state index is 10.5. The first-order valence-corrected chi connectivity index (χ1v) is 23.6. The van der Waals surface area contributed by atoms with Gasteiger partial charge >= 0.3 is 28.0 Å². The largest absolute Gasteiger partial charge is 0.356 e. The van der Waals surface area contributed by atoms with Gasteiger partial charge in [0.1, 0.15) is 18.2 Å². The minimum absolute atomic E-state index is 0. The van der Waals surface area contributed by atoms with Crippen molar-refractivity contribution in [3.05, 3.63) is 0 Å². The molecule has 0 aromatic carbocycles. The fourth-order valence-electron chi connectivity index (χ4n) is 0.224. The van der Waals surface area contributed by atoms with Crippen molar-refractivity contribution in [2.24, 2.45) is 0 Å². The lowest BCUT2D eigenvalue weighted by Gasteiger charge is -2.01. The van der Waals surface area contributed by atoms with Gasteiger partial charge in [-0.25, -0.2) is 12.6 Å². The summed E-state index contributed by atoms with van der Waals surface area (Å²) in [6, 6.07) is -0.859. The second-order valence-electron chi connectivity index (χ2n) is 5.22. The number of alkyl halides is 3. The molecular weight excluding hydrogens is 790 g/mol. The lowest BCUT2D eigenvalue weighted by molar-refractivity contribution is 0.382. The maximum atomic E-state index is 10.5. The van der Waals surface area contributed by atoms with Crippen molar-refractivity contribution in [1.82, 2.24) is 0 Å². The van der Waals surface area contributed by atoms with Crippen LogP contribution in [0.15, 0.2) is 0 Å². The molecule has 1 N–H and O–H groups in total. The number of hydrogen-bond acceptors (Lipinski definition) is 12. The van der Waals surface area contributed by atoms with E-state index in [0.717, 1.165) is 0 Å². The van der Waals surface area contributed by atoms with E-state index >= 15 is 0 Å². The molecule has 0 aliphatic heterocycles. The van der Waals surface area contributed by atoms with Gasteiger partial charge in [-0.2, -0.15) is 25.3 Å². The fourth-order valence-corrected chi connectivity index (χ4v) is 2.62. The van der Waals surface area contributed by atoms with E-state index in [9.17, 15) is 26.0 Å². The van der Waals surface area contributed by atoms with Gasteiger partial charge < -0.3 is 9.09 Å². The molecule has 13 nitrogen and oxygen atoms in total. The summed E-state index contributed by atoms with van der Waals surface area (Å²) < 4.78 is 106. The Morgan fingerprint density at radius 1 is 0.722 bits per heavy atom. The van der Waals surface area contributed by atoms with Crippen LogP contribution in [0, 0.1) is 0 Å². The molecule has 0 spiro atoms. The van der Waals surface area contributed by atoms with Crippen molar-refractivity contribution in [3.63, 3.8) is 0 Å². The normalized spacial score (nSPS) is 11.1. The van der Waals surface area contributed by atoms with E-state index in [2.05, 4.69) is 66.3 Å². The summed E-state index contributed by atoms with van der Waals surface area (Å²) in [6.45, 7) is 8.28. The first kappa shape index (κ1) is 54.7. The van der Waals surface area contributed by atoms with Gasteiger partial charge in [-0.15, -0.1) is 0 Å². The maximum Gasteiger partial charge on any atom is 0.356 e. The zero-order valence-electron chi connectivity index (χ0n) is 18.0. The van der Waals surface area contributed by atoms with Gasteiger partial charge in [0.05, 0.1) is 7.14 Å². The molecule has 0 radical (unpaired) electrons. The first-order chi connectivity index (χ1) is 14.9. The third-order valence-electron chi connectivity index (χ3n) is 0.730. The second kappa shape index (κ2) is 29.1. The van der Waals surface area contributed by atoms with E-state index in [4.69, 9.17) is 52.0 Å². The van der Waals surface area contributed by atoms with Crippen molar-refractivity contribution in [3.8, 4) is 0 Å². The molecular formula is C9H26Cl8O13P2S4. The van der Waals surface area contributed by atoms with Crippen LogP contribution in [0.5, 0.6) is 0 Å². The summed E-state index contributed by atoms with van der Waals surface area (Å²) in [5, 5.41) is 0. The highest BCUT2D eigenvalue weighted by atomic mass is 36.0. The summed E-state index contributed by atoms with van der Waals surface area (Å²) in [5.41, 5.74) is 0. The Bertz CT molecular complexity index is 880. The molecule has 230 valence electrons. The molecule has 0 atom stereocenters. The van der Waals surface area contributed by atoms with Crippen molar-refractivity contribution in [2.45, 2.75) is 7.43 Å². The molecule has 0 amide bonds. The molecule has 27 heteroatoms. The zero-order valence-corrected chi connectivity index (χ0v) is 29.1. The molecule has 0 unspecified atom stereocenters. The molecule has 36 heavy (non-hydrogen) atoms. The molecule has 0 bridgehead atoms. The van der Waals surface area contributed by atoms with Gasteiger partial charge in [-0.1, -0.05) is 42.2 Å². The quantitative estimate of drug-likeness (QED) is 0.141. The fraction of sp³-hybridized carbons (Fsp3) is 1.00. The molecule has 0 saturated heterocycles. The predicted octanol–water partition coefficient (Wildman–Crippen LogP) is 6.05. The summed E-state index contributed by atoms with van der Waals surface area (Å²) >= 11 is 14.7. The average molecular weight is 816 g/mol. The van der Waals surface area contributed by atoms with Crippen LogP contribution in [-0.2, 0) is 59.2 Å². The lowest BCUT2D eigenvalue weighted by atomic mass is 11.7. The third kappa shape index (κ3) is 217. The Balaban J connectivity index is -0.0000000564. The molecule has 0 heterocycles. The minimum atomic E-state index is -4.19. The number of rotatable bonds is 6. The van der Waals surface area contributed by atoms with Crippen LogP contribution in [0.3, 0.4) is 0 Å². The van der Waals surface area contributed by atoms with Crippen LogP contribution in [-0.4, -0.2) is 85.5 Å². The predicted molar refractivity (Wildman–Crippen MR) is 154 cm³/mol. The Morgan fingerprint density at radius 3 is 0.889 bits per heavy atom. The summed E-state index contributed by atoms with van der Waals surface area (Å²) in [7, 11) is 4.61. The third-order valence-corrected chi connectivity index (χ3v) is 3.55. The van der Waals surface area contributed by atoms with Crippen LogP contribution >= 0.6 is 103 Å². The molecule has 0 aliphatic carbocycles. The molecule has 0 rings (SSSR count). The molecule has 0 saturated carbocycles. The minimum Gasteiger partial charge on any atom is -0.324 e. The highest BCUT2D eigenvalue weighted by Gasteiger charge is 2.03. The van der Waals surface area contributed by atoms with Gasteiger partial charge in [0.25, 0.3) is 0 Å². The van der Waals surface area contributed by atoms with E-state index in [1.807, 2.05) is 0 Å². The molecule has 0 aromatic rings. The van der Waals surface area contributed by atoms with Crippen molar-refractivity contribution >= 4 is 140 Å². The summed E-state index contributed by atoms with van der Waals surface area (Å²) in [4.78, 5) is 0. The number of halogens is 8. The lowest BCUT2D eigenvalue weighted by Crippen LogP contribution is -1.92. The monoisotopic (exact) mass is 812 g/mol. The van der Waals surface area contributed by atoms with Gasteiger partial charge in [0.15, 0.2) is 7.37 Å². The van der Waals surface area contributed by atoms with Gasteiger partial charge in [-0.05, 0) is 20.0 Å². The van der Waals surface area contributed by atoms with Crippen LogP contribution in [0.1, 0.15) is 7.43 Å². The average Bonchev–Trinajstić information content (AvgIpc) is 2.39. The zero-order chi connectivity index (χ0) is 30.3. The summed E-state index contributed by atoms with van der Waals surface area (Å²) in [5.74, 6) is 0. The standard InChI is InChI=1S/C3H8ClO2P.C3H9OP.2CH2Cl2O3S.CH4.Cl2OS.ClHO3S/c1-7(2,5)6-3-4;1-5(2,3)4;2*2-1-6-7(3,4)5;;1-4(2)3;1-5(2,3)4/h3H2,1-2H3;1-3H3;2*1H2;1H4;;(H,2,3,4). The van der Waals surface area contributed by atoms with Gasteiger partial charge in [-0.3, -0.25) is 9.12 Å². The Labute approximate surface area is 252 Å². The highest BCUT2D eigenvalue weighted by Crippen LogP contribution is 2.37. The van der Waals surface area contributed by atoms with Crippen molar-refractivity contribution in [2.75, 3.05) is 51.5 Å². The summed E-state index contributed by atoms with van der Waals surface area (Å²) in [6.07, 6.45) is 0. The highest BCUT2D eigenvalue weighted by molar-refractivity contribution is 8.26. The van der Waals surface area contributed by atoms with Crippen LogP contribution in [0.25, 0.3) is 0 Å². The van der Waals surface area contributed by atoms with Crippen LogP contribution in [0.4, 0.5) is 0 Å². The molecule has 0 aromatic heterocycles. The van der Waals surface area contributed by atoms with Crippen molar-refractivity contribution < 1.29 is 56.0 Å².